The number of ether oxygens (including phenoxy) is 2. The Morgan fingerprint density at radius 2 is 2.00 bits per heavy atom. The Morgan fingerprint density at radius 1 is 1.35 bits per heavy atom. The molecule has 6 nitrogen and oxygen atoms in total. The van der Waals surface area contributed by atoms with Crippen LogP contribution in [0.2, 0.25) is 0 Å². The summed E-state index contributed by atoms with van der Waals surface area (Å²) in [6.45, 7) is 3.40. The number of nitrogens with one attached hydrogen (secondary N) is 2. The van der Waals surface area contributed by atoms with Crippen molar-refractivity contribution in [2.45, 2.75) is 6.92 Å². The molecule has 1 aromatic rings. The van der Waals surface area contributed by atoms with E-state index >= 15 is 0 Å². The molecule has 6 heteroatoms. The molecule has 0 spiro atoms. The lowest BCUT2D eigenvalue weighted by Gasteiger charge is -2.20. The van der Waals surface area contributed by atoms with Crippen LogP contribution in [0.5, 0.6) is 11.5 Å². The second-order valence-electron chi connectivity index (χ2n) is 3.57. The van der Waals surface area contributed by atoms with Crippen molar-refractivity contribution in [1.82, 2.24) is 5.32 Å². The smallest absolute Gasteiger partial charge is 0.319 e. The van der Waals surface area contributed by atoms with Crippen LogP contribution < -0.4 is 25.8 Å². The minimum Gasteiger partial charge on any atom is -0.486 e. The number of fused-ring (bicyclic) bond motifs is 1. The number of nitrogens with two attached hydrogens (primary N) is 1. The fourth-order valence-corrected chi connectivity index (χ4v) is 1.54. The second kappa shape index (κ2) is 4.82. The fourth-order valence-electron chi connectivity index (χ4n) is 1.54. The van der Waals surface area contributed by atoms with E-state index in [0.29, 0.717) is 42.6 Å². The molecule has 0 atom stereocenters. The van der Waals surface area contributed by atoms with Gasteiger partial charge in [-0.25, -0.2) is 4.79 Å². The molecule has 17 heavy (non-hydrogen) atoms. The maximum atomic E-state index is 11.4. The zero-order valence-electron chi connectivity index (χ0n) is 9.58. The normalized spacial score (nSPS) is 13.0. The highest BCUT2D eigenvalue weighted by molar-refractivity contribution is 5.93. The second-order valence-corrected chi connectivity index (χ2v) is 3.57. The molecule has 0 unspecified atom stereocenters. The highest BCUT2D eigenvalue weighted by atomic mass is 16.6. The minimum atomic E-state index is -0.295. The van der Waals surface area contributed by atoms with E-state index < -0.39 is 0 Å². The van der Waals surface area contributed by atoms with Crippen molar-refractivity contribution in [3.8, 4) is 11.5 Å². The maximum absolute atomic E-state index is 11.4. The van der Waals surface area contributed by atoms with Gasteiger partial charge in [0.05, 0.1) is 11.4 Å². The van der Waals surface area contributed by atoms with Crippen molar-refractivity contribution in [3.05, 3.63) is 12.1 Å². The molecular formula is C11H15N3O3. The fraction of sp³-hybridized carbons (Fsp3) is 0.364. The van der Waals surface area contributed by atoms with Crippen molar-refractivity contribution < 1.29 is 14.3 Å². The number of carbonyl (C=O) groups excluding carboxylic acids is 1. The first-order valence-electron chi connectivity index (χ1n) is 5.44. The van der Waals surface area contributed by atoms with Crippen molar-refractivity contribution in [2.24, 2.45) is 0 Å². The van der Waals surface area contributed by atoms with Crippen LogP contribution in [-0.2, 0) is 0 Å². The van der Waals surface area contributed by atoms with Gasteiger partial charge in [0.1, 0.15) is 13.2 Å². The summed E-state index contributed by atoms with van der Waals surface area (Å²) in [6, 6.07) is 3.02. The lowest BCUT2D eigenvalue weighted by atomic mass is 10.2. The molecule has 1 heterocycles. The van der Waals surface area contributed by atoms with Crippen LogP contribution in [0.3, 0.4) is 0 Å². The first-order valence-corrected chi connectivity index (χ1v) is 5.44. The molecule has 4 N–H and O–H groups in total. The SMILES string of the molecule is CCNC(=O)Nc1cc2c(cc1N)OCCO2. The molecule has 0 saturated carbocycles. The molecule has 0 radical (unpaired) electrons. The van der Waals surface area contributed by atoms with E-state index in [1.165, 1.54) is 0 Å². The summed E-state index contributed by atoms with van der Waals surface area (Å²) in [6.07, 6.45) is 0. The Labute approximate surface area is 99.1 Å². The number of rotatable bonds is 2. The van der Waals surface area contributed by atoms with Crippen LogP contribution in [-0.4, -0.2) is 25.8 Å². The summed E-state index contributed by atoms with van der Waals surface area (Å²) in [5.41, 5.74) is 6.77. The predicted molar refractivity (Wildman–Crippen MR) is 64.5 cm³/mol. The third-order valence-corrected chi connectivity index (χ3v) is 2.30. The zero-order chi connectivity index (χ0) is 12.3. The molecule has 1 aromatic carbocycles. The Hall–Kier alpha value is -2.11. The van der Waals surface area contributed by atoms with Crippen LogP contribution in [0.1, 0.15) is 6.92 Å². The summed E-state index contributed by atoms with van der Waals surface area (Å²) in [7, 11) is 0. The molecule has 2 amide bonds. The van der Waals surface area contributed by atoms with Gasteiger partial charge < -0.3 is 25.8 Å². The van der Waals surface area contributed by atoms with Crippen molar-refractivity contribution in [1.29, 1.82) is 0 Å². The van der Waals surface area contributed by atoms with Gasteiger partial charge in [-0.3, -0.25) is 0 Å². The summed E-state index contributed by atoms with van der Waals surface area (Å²) in [5, 5.41) is 5.27. The van der Waals surface area contributed by atoms with Gasteiger partial charge in [0.25, 0.3) is 0 Å². The predicted octanol–water partition coefficient (Wildman–Crippen LogP) is 1.18. The molecule has 2 rings (SSSR count). The monoisotopic (exact) mass is 237 g/mol. The third-order valence-electron chi connectivity index (χ3n) is 2.30. The number of hydrogen-bond donors (Lipinski definition) is 3. The summed E-state index contributed by atoms with van der Waals surface area (Å²) in [4.78, 5) is 11.4. The zero-order valence-corrected chi connectivity index (χ0v) is 9.58. The molecule has 0 bridgehead atoms. The van der Waals surface area contributed by atoms with Crippen LogP contribution >= 0.6 is 0 Å². The van der Waals surface area contributed by atoms with Crippen molar-refractivity contribution >= 4 is 17.4 Å². The van der Waals surface area contributed by atoms with Gasteiger partial charge in [-0.1, -0.05) is 0 Å². The van der Waals surface area contributed by atoms with Crippen molar-refractivity contribution in [3.63, 3.8) is 0 Å². The Morgan fingerprint density at radius 3 is 2.65 bits per heavy atom. The summed E-state index contributed by atoms with van der Waals surface area (Å²) >= 11 is 0. The molecular weight excluding hydrogens is 222 g/mol. The number of anilines is 2. The average Bonchev–Trinajstić information content (AvgIpc) is 2.30. The van der Waals surface area contributed by atoms with E-state index in [1.807, 2.05) is 6.92 Å². The summed E-state index contributed by atoms with van der Waals surface area (Å²) < 4.78 is 10.8. The molecule has 0 saturated heterocycles. The van der Waals surface area contributed by atoms with E-state index in [9.17, 15) is 4.79 Å². The van der Waals surface area contributed by atoms with Gasteiger partial charge >= 0.3 is 6.03 Å². The van der Waals surface area contributed by atoms with Crippen LogP contribution in [0, 0.1) is 0 Å². The van der Waals surface area contributed by atoms with Crippen LogP contribution in [0.15, 0.2) is 12.1 Å². The molecule has 1 aliphatic heterocycles. The Bertz CT molecular complexity index is 434. The van der Waals surface area contributed by atoms with Gasteiger partial charge in [-0.05, 0) is 6.92 Å². The average molecular weight is 237 g/mol. The van der Waals surface area contributed by atoms with E-state index in [4.69, 9.17) is 15.2 Å². The molecule has 0 aliphatic carbocycles. The largest absolute Gasteiger partial charge is 0.486 e. The highest BCUT2D eigenvalue weighted by Crippen LogP contribution is 2.36. The van der Waals surface area contributed by atoms with Gasteiger partial charge in [0.15, 0.2) is 11.5 Å². The number of urea groups is 1. The Balaban J connectivity index is 2.19. The van der Waals surface area contributed by atoms with Gasteiger partial charge in [-0.15, -0.1) is 0 Å². The van der Waals surface area contributed by atoms with Gasteiger partial charge in [0, 0.05) is 18.7 Å². The highest BCUT2D eigenvalue weighted by Gasteiger charge is 2.15. The van der Waals surface area contributed by atoms with Crippen LogP contribution in [0.25, 0.3) is 0 Å². The first kappa shape index (κ1) is 11.4. The van der Waals surface area contributed by atoms with E-state index in [0.717, 1.165) is 0 Å². The number of benzene rings is 1. The number of carbonyl (C=O) groups is 1. The van der Waals surface area contributed by atoms with Crippen LogP contribution in [0.4, 0.5) is 16.2 Å². The molecule has 0 aromatic heterocycles. The Kier molecular flexibility index (Phi) is 3.22. The number of hydrogen-bond acceptors (Lipinski definition) is 4. The van der Waals surface area contributed by atoms with E-state index in [2.05, 4.69) is 10.6 Å². The minimum absolute atomic E-state index is 0.295. The maximum Gasteiger partial charge on any atom is 0.319 e. The van der Waals surface area contributed by atoms with E-state index in [1.54, 1.807) is 12.1 Å². The molecule has 0 fully saturated rings. The van der Waals surface area contributed by atoms with Gasteiger partial charge in [-0.2, -0.15) is 0 Å². The number of amides is 2. The van der Waals surface area contributed by atoms with Crippen molar-refractivity contribution in [2.75, 3.05) is 30.8 Å². The van der Waals surface area contributed by atoms with Gasteiger partial charge in [0.2, 0.25) is 0 Å². The third kappa shape index (κ3) is 2.52. The summed E-state index contributed by atoms with van der Waals surface area (Å²) in [5.74, 6) is 1.20. The number of nitrogen functional groups attached to an aromatic ring is 1. The first-order chi connectivity index (χ1) is 8.20. The molecule has 92 valence electrons. The van der Waals surface area contributed by atoms with E-state index in [-0.39, 0.29) is 6.03 Å². The molecule has 1 aliphatic rings. The lowest BCUT2D eigenvalue weighted by Crippen LogP contribution is -2.28. The lowest BCUT2D eigenvalue weighted by molar-refractivity contribution is 0.172. The standard InChI is InChI=1S/C11H15N3O3/c1-2-13-11(15)14-8-6-10-9(5-7(8)12)16-3-4-17-10/h5-6H,2-4,12H2,1H3,(H2,13,14,15). The topological polar surface area (TPSA) is 85.6 Å². The quantitative estimate of drug-likeness (QED) is 0.674.